The molecule has 2 aromatic rings. The minimum absolute atomic E-state index is 0.357. The summed E-state index contributed by atoms with van der Waals surface area (Å²) in [6.45, 7) is 8.51. The highest BCUT2D eigenvalue weighted by molar-refractivity contribution is 5.58. The molecule has 0 saturated carbocycles. The van der Waals surface area contributed by atoms with Crippen molar-refractivity contribution in [3.63, 3.8) is 0 Å². The second-order valence-corrected chi connectivity index (χ2v) is 6.14. The Labute approximate surface area is 138 Å². The van der Waals surface area contributed by atoms with Crippen LogP contribution in [0.4, 0.5) is 0 Å². The van der Waals surface area contributed by atoms with Gasteiger partial charge in [0.25, 0.3) is 0 Å². The molecule has 1 aliphatic carbocycles. The monoisotopic (exact) mass is 308 g/mol. The Morgan fingerprint density at radius 3 is 2.91 bits per heavy atom. The molecule has 0 spiro atoms. The highest BCUT2D eigenvalue weighted by Gasteiger charge is 2.26. The van der Waals surface area contributed by atoms with E-state index in [1.165, 1.54) is 17.7 Å². The molecule has 0 fully saturated rings. The van der Waals surface area contributed by atoms with Crippen molar-refractivity contribution >= 4 is 12.2 Å². The number of pyridine rings is 1. The van der Waals surface area contributed by atoms with E-state index in [1.54, 1.807) is 6.08 Å². The number of nitrogens with zero attached hydrogens (tertiary/aromatic N) is 4. The fraction of sp³-hybridized carbons (Fsp3) is 0.368. The maximum Gasteiger partial charge on any atom is 0.123 e. The summed E-state index contributed by atoms with van der Waals surface area (Å²) in [5.74, 6) is 1.03. The lowest BCUT2D eigenvalue weighted by Gasteiger charge is -2.32. The van der Waals surface area contributed by atoms with Gasteiger partial charge >= 0.3 is 0 Å². The number of hydrogen-bond acceptors (Lipinski definition) is 3. The topological polar surface area (TPSA) is 34.0 Å². The van der Waals surface area contributed by atoms with Crippen molar-refractivity contribution in [2.24, 2.45) is 7.05 Å². The lowest BCUT2D eigenvalue weighted by Crippen LogP contribution is -2.29. The SMILES string of the molecule is C=Cc1nc(CN(C)C2CCCc3cccnc32)n(C)c1C=C. The predicted molar refractivity (Wildman–Crippen MR) is 94.8 cm³/mol. The smallest absolute Gasteiger partial charge is 0.123 e. The molecule has 120 valence electrons. The molecule has 0 bridgehead atoms. The van der Waals surface area contributed by atoms with Crippen molar-refractivity contribution in [1.82, 2.24) is 19.4 Å². The van der Waals surface area contributed by atoms with Gasteiger partial charge in [-0.3, -0.25) is 9.88 Å². The normalized spacial score (nSPS) is 17.1. The van der Waals surface area contributed by atoms with E-state index in [0.29, 0.717) is 6.04 Å². The Morgan fingerprint density at radius 2 is 2.22 bits per heavy atom. The van der Waals surface area contributed by atoms with Gasteiger partial charge in [-0.1, -0.05) is 19.2 Å². The highest BCUT2D eigenvalue weighted by atomic mass is 15.2. The van der Waals surface area contributed by atoms with Gasteiger partial charge < -0.3 is 4.57 Å². The zero-order chi connectivity index (χ0) is 16.4. The van der Waals surface area contributed by atoms with Gasteiger partial charge in [-0.25, -0.2) is 4.98 Å². The van der Waals surface area contributed by atoms with Crippen molar-refractivity contribution in [2.75, 3.05) is 7.05 Å². The predicted octanol–water partition coefficient (Wildman–Crippen LogP) is 3.61. The Kier molecular flexibility index (Phi) is 4.44. The molecule has 0 aliphatic heterocycles. The van der Waals surface area contributed by atoms with Gasteiger partial charge in [-0.05, 0) is 50.1 Å². The largest absolute Gasteiger partial charge is 0.330 e. The van der Waals surface area contributed by atoms with Gasteiger partial charge in [0.2, 0.25) is 0 Å². The summed E-state index contributed by atoms with van der Waals surface area (Å²) >= 11 is 0. The quantitative estimate of drug-likeness (QED) is 0.846. The molecule has 1 aliphatic rings. The lowest BCUT2D eigenvalue weighted by atomic mass is 9.91. The van der Waals surface area contributed by atoms with E-state index in [-0.39, 0.29) is 0 Å². The minimum Gasteiger partial charge on any atom is -0.330 e. The molecule has 0 amide bonds. The van der Waals surface area contributed by atoms with Gasteiger partial charge in [0.15, 0.2) is 0 Å². The summed E-state index contributed by atoms with van der Waals surface area (Å²) in [7, 11) is 4.19. The van der Waals surface area contributed by atoms with E-state index >= 15 is 0 Å². The number of hydrogen-bond donors (Lipinski definition) is 0. The zero-order valence-electron chi connectivity index (χ0n) is 14.0. The van der Waals surface area contributed by atoms with Crippen molar-refractivity contribution in [2.45, 2.75) is 31.8 Å². The fourth-order valence-corrected chi connectivity index (χ4v) is 3.46. The number of aromatic nitrogens is 3. The van der Waals surface area contributed by atoms with Crippen LogP contribution in [0.5, 0.6) is 0 Å². The summed E-state index contributed by atoms with van der Waals surface area (Å²) in [5.41, 5.74) is 4.52. The van der Waals surface area contributed by atoms with E-state index in [4.69, 9.17) is 4.98 Å². The minimum atomic E-state index is 0.357. The van der Waals surface area contributed by atoms with Crippen LogP contribution in [-0.2, 0) is 20.0 Å². The van der Waals surface area contributed by atoms with Crippen LogP contribution < -0.4 is 0 Å². The van der Waals surface area contributed by atoms with Gasteiger partial charge in [0, 0.05) is 13.2 Å². The molecular weight excluding hydrogens is 284 g/mol. The maximum absolute atomic E-state index is 4.70. The Bertz CT molecular complexity index is 729. The van der Waals surface area contributed by atoms with Gasteiger partial charge in [0.1, 0.15) is 5.82 Å². The molecule has 4 heteroatoms. The first-order chi connectivity index (χ1) is 11.2. The maximum atomic E-state index is 4.70. The Balaban J connectivity index is 1.86. The first-order valence-electron chi connectivity index (χ1n) is 8.10. The number of aryl methyl sites for hydroxylation is 1. The van der Waals surface area contributed by atoms with Crippen molar-refractivity contribution in [1.29, 1.82) is 0 Å². The van der Waals surface area contributed by atoms with Crippen molar-refractivity contribution in [3.8, 4) is 0 Å². The van der Waals surface area contributed by atoms with Crippen LogP contribution in [0.15, 0.2) is 31.5 Å². The zero-order valence-corrected chi connectivity index (χ0v) is 14.0. The summed E-state index contributed by atoms with van der Waals surface area (Å²) < 4.78 is 2.10. The molecule has 23 heavy (non-hydrogen) atoms. The van der Waals surface area contributed by atoms with Crippen molar-refractivity contribution < 1.29 is 0 Å². The second-order valence-electron chi connectivity index (χ2n) is 6.14. The molecule has 0 saturated heterocycles. The third-order valence-electron chi connectivity index (χ3n) is 4.74. The molecule has 3 rings (SSSR count). The molecule has 2 heterocycles. The first kappa shape index (κ1) is 15.7. The van der Waals surface area contributed by atoms with E-state index < -0.39 is 0 Å². The van der Waals surface area contributed by atoms with E-state index in [2.05, 4.69) is 40.7 Å². The molecule has 0 N–H and O–H groups in total. The van der Waals surface area contributed by atoms with Gasteiger partial charge in [-0.15, -0.1) is 0 Å². The van der Waals surface area contributed by atoms with Gasteiger partial charge in [-0.2, -0.15) is 0 Å². The summed E-state index contributed by atoms with van der Waals surface area (Å²) in [6, 6.07) is 4.59. The third-order valence-corrected chi connectivity index (χ3v) is 4.74. The third kappa shape index (κ3) is 2.86. The fourth-order valence-electron chi connectivity index (χ4n) is 3.46. The standard InChI is InChI=1S/C19H24N4/c1-5-15-16(6-2)23(4)18(21-15)13-22(3)17-11-7-9-14-10-8-12-20-19(14)17/h5-6,8,10,12,17H,1-2,7,9,11,13H2,3-4H3. The van der Waals surface area contributed by atoms with Crippen LogP contribution in [0.2, 0.25) is 0 Å². The van der Waals surface area contributed by atoms with Crippen LogP contribution in [-0.4, -0.2) is 26.5 Å². The average molecular weight is 308 g/mol. The van der Waals surface area contributed by atoms with Crippen LogP contribution in [0.3, 0.4) is 0 Å². The van der Waals surface area contributed by atoms with Crippen LogP contribution >= 0.6 is 0 Å². The van der Waals surface area contributed by atoms with Crippen LogP contribution in [0, 0.1) is 0 Å². The molecular formula is C19H24N4. The Morgan fingerprint density at radius 1 is 1.39 bits per heavy atom. The molecule has 0 aromatic carbocycles. The van der Waals surface area contributed by atoms with Crippen LogP contribution in [0.1, 0.15) is 47.4 Å². The number of fused-ring (bicyclic) bond motifs is 1. The molecule has 1 atom stereocenters. The Hall–Kier alpha value is -2.20. The molecule has 0 radical (unpaired) electrons. The summed E-state index contributed by atoms with van der Waals surface area (Å²) in [4.78, 5) is 11.7. The van der Waals surface area contributed by atoms with E-state index in [9.17, 15) is 0 Å². The second kappa shape index (κ2) is 6.50. The number of imidazole rings is 1. The summed E-state index contributed by atoms with van der Waals surface area (Å²) in [5, 5.41) is 0. The van der Waals surface area contributed by atoms with E-state index in [0.717, 1.165) is 36.6 Å². The van der Waals surface area contributed by atoms with Crippen molar-refractivity contribution in [3.05, 3.63) is 60.0 Å². The lowest BCUT2D eigenvalue weighted by molar-refractivity contribution is 0.202. The first-order valence-corrected chi connectivity index (χ1v) is 8.10. The highest BCUT2D eigenvalue weighted by Crippen LogP contribution is 2.32. The summed E-state index contributed by atoms with van der Waals surface area (Å²) in [6.07, 6.45) is 9.02. The average Bonchev–Trinajstić information content (AvgIpc) is 2.89. The molecule has 1 unspecified atom stereocenters. The van der Waals surface area contributed by atoms with E-state index in [1.807, 2.05) is 25.4 Å². The molecule has 4 nitrogen and oxygen atoms in total. The molecule has 2 aromatic heterocycles. The van der Waals surface area contributed by atoms with Crippen LogP contribution in [0.25, 0.3) is 12.2 Å². The van der Waals surface area contributed by atoms with Gasteiger partial charge in [0.05, 0.1) is 29.7 Å². The number of rotatable bonds is 5.